The molecule has 1 aromatic heterocycles. The number of carbonyl (C=O) groups excluding carboxylic acids is 1. The maximum absolute atomic E-state index is 13.4. The van der Waals surface area contributed by atoms with Crippen LogP contribution in [0.3, 0.4) is 0 Å². The molecule has 0 saturated heterocycles. The number of rotatable bonds is 9. The molecule has 2 aromatic carbocycles. The number of hydrogen-bond acceptors (Lipinski definition) is 8. The Morgan fingerprint density at radius 1 is 0.882 bits per heavy atom. The molecule has 12 heteroatoms. The lowest BCUT2D eigenvalue weighted by atomic mass is 10.2. The van der Waals surface area contributed by atoms with Crippen LogP contribution < -0.4 is 4.90 Å². The second-order valence-corrected chi connectivity index (χ2v) is 12.7. The Hall–Kier alpha value is -2.05. The molecule has 3 aromatic rings. The molecule has 1 amide bonds. The molecule has 0 radical (unpaired) electrons. The van der Waals surface area contributed by atoms with E-state index < -0.39 is 19.7 Å². The van der Waals surface area contributed by atoms with Gasteiger partial charge in [0.25, 0.3) is 5.91 Å². The maximum Gasteiger partial charge on any atom is 0.260 e. The zero-order valence-corrected chi connectivity index (χ0v) is 22.7. The lowest BCUT2D eigenvalue weighted by Gasteiger charge is -2.24. The van der Waals surface area contributed by atoms with E-state index in [2.05, 4.69) is 9.88 Å². The zero-order chi connectivity index (χ0) is 24.4. The van der Waals surface area contributed by atoms with Crippen LogP contribution >= 0.6 is 23.7 Å². The summed E-state index contributed by atoms with van der Waals surface area (Å²) in [5.41, 5.74) is 0.952. The molecule has 0 saturated carbocycles. The fraction of sp³-hybridized carbons (Fsp3) is 0.364. The van der Waals surface area contributed by atoms with E-state index in [-0.39, 0.29) is 28.1 Å². The summed E-state index contributed by atoms with van der Waals surface area (Å²) in [7, 11) is -6.74. The minimum Gasteiger partial charge on any atom is -0.302 e. The van der Waals surface area contributed by atoms with Crippen molar-refractivity contribution in [2.45, 2.75) is 23.6 Å². The average molecular weight is 546 g/mol. The summed E-state index contributed by atoms with van der Waals surface area (Å²) in [5, 5.41) is 0.458. The number of hydrogen-bond donors (Lipinski definition) is 0. The van der Waals surface area contributed by atoms with Crippen molar-refractivity contribution in [2.75, 3.05) is 43.6 Å². The normalized spacial score (nSPS) is 12.0. The highest BCUT2D eigenvalue weighted by Crippen LogP contribution is 2.31. The van der Waals surface area contributed by atoms with Crippen LogP contribution in [0, 0.1) is 0 Å². The minimum absolute atomic E-state index is 0. The number of nitrogens with zero attached hydrogens (tertiary/aromatic N) is 3. The Bertz CT molecular complexity index is 1370. The lowest BCUT2D eigenvalue weighted by molar-refractivity contribution is 0.0983. The van der Waals surface area contributed by atoms with Crippen LogP contribution in [0.25, 0.3) is 10.2 Å². The van der Waals surface area contributed by atoms with Crippen LogP contribution in [0.4, 0.5) is 5.13 Å². The molecule has 0 unspecified atom stereocenters. The fourth-order valence-corrected chi connectivity index (χ4v) is 5.69. The number of likely N-dealkylation sites (N-methyl/N-ethyl adjacent to an activating group) is 1. The zero-order valence-electron chi connectivity index (χ0n) is 19.4. The highest BCUT2D eigenvalue weighted by atomic mass is 35.5. The first kappa shape index (κ1) is 28.2. The molecule has 0 aliphatic rings. The van der Waals surface area contributed by atoms with Crippen molar-refractivity contribution in [1.82, 2.24) is 9.88 Å². The Balaban J connectivity index is 0.00000408. The molecule has 0 bridgehead atoms. The van der Waals surface area contributed by atoms with Gasteiger partial charge in [-0.2, -0.15) is 0 Å². The van der Waals surface area contributed by atoms with Gasteiger partial charge >= 0.3 is 0 Å². The molecule has 0 atom stereocenters. The van der Waals surface area contributed by atoms with Gasteiger partial charge < -0.3 is 4.90 Å². The smallest absolute Gasteiger partial charge is 0.260 e. The molecule has 0 aliphatic carbocycles. The number of fused-ring (bicyclic) bond motifs is 1. The van der Waals surface area contributed by atoms with E-state index in [1.807, 2.05) is 13.8 Å². The Morgan fingerprint density at radius 3 is 1.97 bits per heavy atom. The van der Waals surface area contributed by atoms with Gasteiger partial charge in [-0.15, -0.1) is 12.4 Å². The molecule has 34 heavy (non-hydrogen) atoms. The van der Waals surface area contributed by atoms with Crippen molar-refractivity contribution in [1.29, 1.82) is 0 Å². The quantitative estimate of drug-likeness (QED) is 0.405. The SMILES string of the molecule is CCN(CC)CCN(C(=O)c1ccc(S(C)(=O)=O)cc1)c1nc2ccc(S(C)(=O)=O)cc2s1.Cl. The van der Waals surface area contributed by atoms with E-state index in [1.165, 1.54) is 41.7 Å². The third kappa shape index (κ3) is 6.54. The van der Waals surface area contributed by atoms with E-state index in [1.54, 1.807) is 17.0 Å². The van der Waals surface area contributed by atoms with Gasteiger partial charge in [0.1, 0.15) is 0 Å². The molecule has 1 heterocycles. The van der Waals surface area contributed by atoms with Crippen LogP contribution in [-0.2, 0) is 19.7 Å². The van der Waals surface area contributed by atoms with Crippen LogP contribution in [0.1, 0.15) is 24.2 Å². The second-order valence-electron chi connectivity index (χ2n) is 7.68. The molecular weight excluding hydrogens is 518 g/mol. The third-order valence-corrected chi connectivity index (χ3v) is 8.60. The van der Waals surface area contributed by atoms with Crippen molar-refractivity contribution >= 4 is 64.7 Å². The first-order valence-electron chi connectivity index (χ1n) is 10.4. The van der Waals surface area contributed by atoms with Gasteiger partial charge in [-0.3, -0.25) is 9.69 Å². The van der Waals surface area contributed by atoms with Gasteiger partial charge in [-0.25, -0.2) is 21.8 Å². The van der Waals surface area contributed by atoms with E-state index in [4.69, 9.17) is 0 Å². The number of thiazole rings is 1. The van der Waals surface area contributed by atoms with Crippen molar-refractivity contribution in [2.24, 2.45) is 0 Å². The first-order chi connectivity index (χ1) is 15.4. The number of halogens is 1. The number of anilines is 1. The van der Waals surface area contributed by atoms with Gasteiger partial charge in [0, 0.05) is 31.2 Å². The van der Waals surface area contributed by atoms with Crippen LogP contribution in [0.15, 0.2) is 52.3 Å². The second kappa shape index (κ2) is 11.1. The lowest BCUT2D eigenvalue weighted by Crippen LogP contribution is -2.38. The third-order valence-electron chi connectivity index (χ3n) is 5.32. The van der Waals surface area contributed by atoms with Crippen LogP contribution in [0.2, 0.25) is 0 Å². The van der Waals surface area contributed by atoms with E-state index in [0.717, 1.165) is 25.6 Å². The van der Waals surface area contributed by atoms with Crippen molar-refractivity contribution in [3.05, 3.63) is 48.0 Å². The molecule has 186 valence electrons. The summed E-state index contributed by atoms with van der Waals surface area (Å²) in [6.07, 6.45) is 2.27. The highest BCUT2D eigenvalue weighted by molar-refractivity contribution is 7.91. The summed E-state index contributed by atoms with van der Waals surface area (Å²) in [6.45, 7) is 6.77. The Labute approximate surface area is 210 Å². The maximum atomic E-state index is 13.4. The predicted molar refractivity (Wildman–Crippen MR) is 139 cm³/mol. The largest absolute Gasteiger partial charge is 0.302 e. The van der Waals surface area contributed by atoms with E-state index in [9.17, 15) is 21.6 Å². The Kier molecular flexibility index (Phi) is 9.23. The molecule has 8 nitrogen and oxygen atoms in total. The molecule has 0 fully saturated rings. The highest BCUT2D eigenvalue weighted by Gasteiger charge is 2.23. The summed E-state index contributed by atoms with van der Waals surface area (Å²) in [5.74, 6) is -0.301. The minimum atomic E-state index is -3.37. The summed E-state index contributed by atoms with van der Waals surface area (Å²) >= 11 is 1.25. The van der Waals surface area contributed by atoms with Crippen LogP contribution in [-0.4, -0.2) is 71.3 Å². The monoisotopic (exact) mass is 545 g/mol. The van der Waals surface area contributed by atoms with Crippen molar-refractivity contribution < 1.29 is 21.6 Å². The standard InChI is InChI=1S/C22H27N3O5S3.ClH/c1-5-24(6-2)13-14-25(21(26)16-7-9-17(10-8-16)32(3,27)28)22-23-19-12-11-18(33(4,29)30)15-20(19)31-22;/h7-12,15H,5-6,13-14H2,1-4H3;1H. The van der Waals surface area contributed by atoms with Gasteiger partial charge in [-0.1, -0.05) is 25.2 Å². The number of amides is 1. The molecule has 0 aliphatic heterocycles. The molecule has 3 rings (SSSR count). The van der Waals surface area contributed by atoms with Crippen molar-refractivity contribution in [3.63, 3.8) is 0 Å². The predicted octanol–water partition coefficient (Wildman–Crippen LogP) is 3.51. The van der Waals surface area contributed by atoms with Gasteiger partial charge in [-0.05, 0) is 55.6 Å². The topological polar surface area (TPSA) is 105 Å². The van der Waals surface area contributed by atoms with Crippen molar-refractivity contribution in [3.8, 4) is 0 Å². The number of benzene rings is 2. The summed E-state index contributed by atoms with van der Waals surface area (Å²) in [4.78, 5) is 22.1. The van der Waals surface area contributed by atoms with Gasteiger partial charge in [0.15, 0.2) is 24.8 Å². The number of aromatic nitrogens is 1. The molecular formula is C22H28ClN3O5S3. The van der Waals surface area contributed by atoms with E-state index >= 15 is 0 Å². The number of sulfone groups is 2. The fourth-order valence-electron chi connectivity index (χ4n) is 3.30. The molecule has 0 spiro atoms. The summed E-state index contributed by atoms with van der Waals surface area (Å²) in [6, 6.07) is 10.5. The van der Waals surface area contributed by atoms with Gasteiger partial charge in [0.2, 0.25) is 0 Å². The Morgan fingerprint density at radius 2 is 1.44 bits per heavy atom. The first-order valence-corrected chi connectivity index (χ1v) is 15.0. The summed E-state index contributed by atoms with van der Waals surface area (Å²) < 4.78 is 48.0. The average Bonchev–Trinajstić information content (AvgIpc) is 3.18. The van der Waals surface area contributed by atoms with Gasteiger partial charge in [0.05, 0.1) is 20.0 Å². The van der Waals surface area contributed by atoms with E-state index in [0.29, 0.717) is 34.0 Å². The number of carbonyl (C=O) groups is 1. The molecule has 0 N–H and O–H groups in total. The van der Waals surface area contributed by atoms with Crippen LogP contribution in [0.5, 0.6) is 0 Å².